The highest BCUT2D eigenvalue weighted by Crippen LogP contribution is 2.12. The number of nitrogens with zero attached hydrogens (tertiary/aromatic N) is 1. The van der Waals surface area contributed by atoms with Crippen LogP contribution in [0, 0.1) is 0 Å². The normalized spacial score (nSPS) is 13.4. The minimum absolute atomic E-state index is 0.0875. The molecule has 2 atom stereocenters. The zero-order valence-electron chi connectivity index (χ0n) is 15.0. The number of hydrogen-bond donors (Lipinski definition) is 3. The van der Waals surface area contributed by atoms with E-state index in [9.17, 15) is 9.90 Å². The van der Waals surface area contributed by atoms with Crippen LogP contribution in [0.25, 0.3) is 0 Å². The highest BCUT2D eigenvalue weighted by molar-refractivity contribution is 7.07. The third kappa shape index (κ3) is 6.76. The van der Waals surface area contributed by atoms with Crippen LogP contribution < -0.4 is 10.6 Å². The molecular formula is C19H27N3O2S. The van der Waals surface area contributed by atoms with Gasteiger partial charge in [0.05, 0.1) is 0 Å². The number of phenolic OH excluding ortho intramolecular Hbond substituents is 1. The average molecular weight is 362 g/mol. The number of carbonyl (C=O) groups excluding carboxylic acids is 1. The van der Waals surface area contributed by atoms with Gasteiger partial charge < -0.3 is 20.6 Å². The molecule has 5 nitrogen and oxygen atoms in total. The van der Waals surface area contributed by atoms with E-state index < -0.39 is 0 Å². The van der Waals surface area contributed by atoms with Crippen molar-refractivity contribution in [3.05, 3.63) is 52.2 Å². The summed E-state index contributed by atoms with van der Waals surface area (Å²) in [5.41, 5.74) is 2.38. The third-order valence-electron chi connectivity index (χ3n) is 4.14. The first-order valence-corrected chi connectivity index (χ1v) is 9.38. The number of phenols is 1. The highest BCUT2D eigenvalue weighted by atomic mass is 32.1. The second-order valence-corrected chi connectivity index (χ2v) is 7.36. The molecule has 6 heteroatoms. The molecule has 0 fully saturated rings. The highest BCUT2D eigenvalue weighted by Gasteiger charge is 2.15. The largest absolute Gasteiger partial charge is 0.508 e. The van der Waals surface area contributed by atoms with Gasteiger partial charge in [-0.15, -0.1) is 0 Å². The summed E-state index contributed by atoms with van der Waals surface area (Å²) in [6.45, 7) is 2.57. The van der Waals surface area contributed by atoms with Gasteiger partial charge in [0.1, 0.15) is 5.75 Å². The van der Waals surface area contributed by atoms with Crippen molar-refractivity contribution in [2.24, 2.45) is 0 Å². The summed E-state index contributed by atoms with van der Waals surface area (Å²) in [5, 5.41) is 19.5. The molecule has 1 heterocycles. The van der Waals surface area contributed by atoms with Crippen LogP contribution in [-0.2, 0) is 12.8 Å². The Labute approximate surface area is 153 Å². The van der Waals surface area contributed by atoms with Crippen molar-refractivity contribution in [1.82, 2.24) is 15.5 Å². The van der Waals surface area contributed by atoms with Crippen molar-refractivity contribution < 1.29 is 9.90 Å². The van der Waals surface area contributed by atoms with Gasteiger partial charge in [0.25, 0.3) is 0 Å². The number of likely N-dealkylation sites (N-methyl/N-ethyl adjacent to an activating group) is 1. The molecule has 1 aromatic carbocycles. The molecule has 0 aliphatic carbocycles. The van der Waals surface area contributed by atoms with E-state index in [2.05, 4.69) is 27.0 Å². The van der Waals surface area contributed by atoms with Crippen LogP contribution >= 0.6 is 11.3 Å². The number of nitrogens with one attached hydrogen (secondary N) is 2. The number of hydrogen-bond acceptors (Lipinski definition) is 4. The predicted octanol–water partition coefficient (Wildman–Crippen LogP) is 2.86. The maximum Gasteiger partial charge on any atom is 0.315 e. The zero-order chi connectivity index (χ0) is 18.2. The fourth-order valence-electron chi connectivity index (χ4n) is 2.64. The quantitative estimate of drug-likeness (QED) is 0.677. The fourth-order valence-corrected chi connectivity index (χ4v) is 3.32. The van der Waals surface area contributed by atoms with Gasteiger partial charge in [0.2, 0.25) is 0 Å². The predicted molar refractivity (Wildman–Crippen MR) is 103 cm³/mol. The maximum atomic E-state index is 12.1. The topological polar surface area (TPSA) is 64.6 Å². The second kappa shape index (κ2) is 9.44. The molecule has 1 aromatic heterocycles. The van der Waals surface area contributed by atoms with Crippen molar-refractivity contribution in [3.63, 3.8) is 0 Å². The summed E-state index contributed by atoms with van der Waals surface area (Å²) in [6.07, 6.45) is 1.64. The number of benzene rings is 1. The molecule has 0 saturated heterocycles. The van der Waals surface area contributed by atoms with Gasteiger partial charge in [-0.2, -0.15) is 11.3 Å². The Morgan fingerprint density at radius 2 is 1.88 bits per heavy atom. The first-order valence-electron chi connectivity index (χ1n) is 8.44. The first kappa shape index (κ1) is 19.3. The van der Waals surface area contributed by atoms with Crippen LogP contribution in [0.4, 0.5) is 4.79 Å². The van der Waals surface area contributed by atoms with Crippen LogP contribution in [0.15, 0.2) is 41.1 Å². The van der Waals surface area contributed by atoms with E-state index in [0.29, 0.717) is 6.54 Å². The average Bonchev–Trinajstić information content (AvgIpc) is 3.05. The minimum Gasteiger partial charge on any atom is -0.508 e. The van der Waals surface area contributed by atoms with Crippen molar-refractivity contribution in [3.8, 4) is 5.75 Å². The molecule has 3 N–H and O–H groups in total. The smallest absolute Gasteiger partial charge is 0.315 e. The Bertz CT molecular complexity index is 641. The monoisotopic (exact) mass is 361 g/mol. The molecule has 0 spiro atoms. The molecule has 25 heavy (non-hydrogen) atoms. The van der Waals surface area contributed by atoms with Crippen LogP contribution in [-0.4, -0.2) is 48.8 Å². The summed E-state index contributed by atoms with van der Waals surface area (Å²) in [5.74, 6) is 0.266. The van der Waals surface area contributed by atoms with E-state index in [4.69, 9.17) is 0 Å². The van der Waals surface area contributed by atoms with E-state index in [1.165, 1.54) is 5.56 Å². The van der Waals surface area contributed by atoms with Gasteiger partial charge in [-0.25, -0.2) is 4.79 Å². The number of rotatable bonds is 8. The van der Waals surface area contributed by atoms with Crippen LogP contribution in [0.5, 0.6) is 5.75 Å². The van der Waals surface area contributed by atoms with Crippen molar-refractivity contribution in [2.45, 2.75) is 31.8 Å². The van der Waals surface area contributed by atoms with Gasteiger partial charge in [0.15, 0.2) is 0 Å². The third-order valence-corrected chi connectivity index (χ3v) is 4.87. The van der Waals surface area contributed by atoms with Gasteiger partial charge in [-0.1, -0.05) is 12.1 Å². The number of amides is 2. The Kier molecular flexibility index (Phi) is 7.28. The van der Waals surface area contributed by atoms with Crippen LogP contribution in [0.3, 0.4) is 0 Å². The van der Waals surface area contributed by atoms with E-state index in [1.54, 1.807) is 23.5 Å². The molecular weight excluding hydrogens is 334 g/mol. The Morgan fingerprint density at radius 3 is 2.48 bits per heavy atom. The van der Waals surface area contributed by atoms with Gasteiger partial charge in [-0.05, 0) is 73.9 Å². The lowest BCUT2D eigenvalue weighted by Gasteiger charge is -2.25. The number of carbonyl (C=O) groups is 1. The Balaban J connectivity index is 1.79. The lowest BCUT2D eigenvalue weighted by atomic mass is 10.0. The molecule has 136 valence electrons. The van der Waals surface area contributed by atoms with Gasteiger partial charge in [-0.3, -0.25) is 0 Å². The molecule has 2 rings (SSSR count). The summed E-state index contributed by atoms with van der Waals surface area (Å²) in [4.78, 5) is 14.2. The molecule has 0 saturated carbocycles. The van der Waals surface area contributed by atoms with Gasteiger partial charge >= 0.3 is 6.03 Å². The van der Waals surface area contributed by atoms with Crippen molar-refractivity contribution in [2.75, 3.05) is 20.6 Å². The lowest BCUT2D eigenvalue weighted by molar-refractivity contribution is 0.229. The fraction of sp³-hybridized carbons (Fsp3) is 0.421. The molecule has 2 amide bonds. The lowest BCUT2D eigenvalue weighted by Crippen LogP contribution is -2.47. The van der Waals surface area contributed by atoms with Crippen LogP contribution in [0.2, 0.25) is 0 Å². The zero-order valence-corrected chi connectivity index (χ0v) is 15.8. The Hall–Kier alpha value is -2.05. The number of thiophene rings is 1. The van der Waals surface area contributed by atoms with Crippen molar-refractivity contribution in [1.29, 1.82) is 0 Å². The van der Waals surface area contributed by atoms with E-state index in [-0.39, 0.29) is 23.9 Å². The van der Waals surface area contributed by atoms with E-state index in [0.717, 1.165) is 18.4 Å². The number of aromatic hydroxyl groups is 1. The standard InChI is InChI=1S/C19H27N3O2S/c1-14(10-16-8-9-25-13-16)21-19(24)20-12-17(22(2)3)11-15-4-6-18(23)7-5-15/h4-9,13-14,17,23H,10-12H2,1-3H3,(H2,20,21,24)/t14?,17-/m0/s1. The minimum atomic E-state index is -0.139. The summed E-state index contributed by atoms with van der Waals surface area (Å²) < 4.78 is 0. The Morgan fingerprint density at radius 1 is 1.16 bits per heavy atom. The molecule has 0 radical (unpaired) electrons. The van der Waals surface area contributed by atoms with E-state index >= 15 is 0 Å². The van der Waals surface area contributed by atoms with Crippen LogP contribution in [0.1, 0.15) is 18.1 Å². The number of urea groups is 1. The molecule has 0 aliphatic heterocycles. The molecule has 2 aromatic rings. The summed E-state index contributed by atoms with van der Waals surface area (Å²) in [6, 6.07) is 9.42. The van der Waals surface area contributed by atoms with E-state index in [1.807, 2.05) is 38.5 Å². The molecule has 1 unspecified atom stereocenters. The first-order chi connectivity index (χ1) is 11.9. The van der Waals surface area contributed by atoms with Crippen molar-refractivity contribution >= 4 is 17.4 Å². The molecule has 0 bridgehead atoms. The maximum absolute atomic E-state index is 12.1. The SMILES string of the molecule is CC(Cc1ccsc1)NC(=O)NC[C@H](Cc1ccc(O)cc1)N(C)C. The summed E-state index contributed by atoms with van der Waals surface area (Å²) in [7, 11) is 4.01. The second-order valence-electron chi connectivity index (χ2n) is 6.58. The summed E-state index contributed by atoms with van der Waals surface area (Å²) >= 11 is 1.67. The molecule has 0 aliphatic rings. The van der Waals surface area contributed by atoms with Gasteiger partial charge in [0, 0.05) is 18.6 Å².